The molecular formula is C13H14BrN3O2S. The number of halogens is 1. The lowest BCUT2D eigenvalue weighted by Gasteiger charge is -2.15. The third-order valence-electron chi connectivity index (χ3n) is 2.72. The molecular weight excluding hydrogens is 342 g/mol. The summed E-state index contributed by atoms with van der Waals surface area (Å²) in [5, 5.41) is 0. The molecule has 1 heterocycles. The zero-order chi connectivity index (χ0) is 14.8. The zero-order valence-corrected chi connectivity index (χ0v) is 13.1. The Bertz CT molecular complexity index is 705. The molecule has 0 bridgehead atoms. The summed E-state index contributed by atoms with van der Waals surface area (Å²) in [6, 6.07) is 9.56. The maximum atomic E-state index is 12.3. The summed E-state index contributed by atoms with van der Waals surface area (Å²) < 4.78 is 27.9. The highest BCUT2D eigenvalue weighted by Gasteiger charge is 2.21. The lowest BCUT2D eigenvalue weighted by Crippen LogP contribution is -2.28. The first-order valence-electron chi connectivity index (χ1n) is 5.88. The highest BCUT2D eigenvalue weighted by atomic mass is 79.9. The molecule has 0 saturated heterocycles. The van der Waals surface area contributed by atoms with Crippen molar-refractivity contribution < 1.29 is 8.42 Å². The van der Waals surface area contributed by atoms with Crippen LogP contribution in [-0.4, -0.2) is 13.4 Å². The Balaban J connectivity index is 2.28. The number of nitrogens with zero attached hydrogens (tertiary/aromatic N) is 1. The van der Waals surface area contributed by atoms with Gasteiger partial charge < -0.3 is 5.73 Å². The van der Waals surface area contributed by atoms with Crippen molar-refractivity contribution in [2.24, 2.45) is 0 Å². The van der Waals surface area contributed by atoms with Gasteiger partial charge in [0.15, 0.2) is 0 Å². The summed E-state index contributed by atoms with van der Waals surface area (Å²) in [5.41, 5.74) is 6.60. The van der Waals surface area contributed by atoms with Crippen LogP contribution in [-0.2, 0) is 10.0 Å². The highest BCUT2D eigenvalue weighted by molar-refractivity contribution is 9.10. The SMILES string of the molecule is CC(NS(=O)(=O)c1ccc(Br)cc1N)c1ccccn1. The van der Waals surface area contributed by atoms with Gasteiger partial charge in [-0.2, -0.15) is 0 Å². The smallest absolute Gasteiger partial charge is 0.243 e. The summed E-state index contributed by atoms with van der Waals surface area (Å²) >= 11 is 3.25. The van der Waals surface area contributed by atoms with Gasteiger partial charge in [-0.05, 0) is 37.3 Å². The van der Waals surface area contributed by atoms with E-state index in [2.05, 4.69) is 25.6 Å². The van der Waals surface area contributed by atoms with Crippen molar-refractivity contribution in [2.75, 3.05) is 5.73 Å². The Kier molecular flexibility index (Phi) is 4.42. The molecule has 2 rings (SSSR count). The molecule has 3 N–H and O–H groups in total. The number of nitrogen functional groups attached to an aromatic ring is 1. The lowest BCUT2D eigenvalue weighted by atomic mass is 10.2. The number of aromatic nitrogens is 1. The Labute approximate surface area is 126 Å². The van der Waals surface area contributed by atoms with Gasteiger partial charge in [0.05, 0.1) is 17.4 Å². The predicted molar refractivity (Wildman–Crippen MR) is 81.5 cm³/mol. The lowest BCUT2D eigenvalue weighted by molar-refractivity contribution is 0.564. The Hall–Kier alpha value is -1.44. The molecule has 0 spiro atoms. The number of anilines is 1. The molecule has 1 aromatic heterocycles. The predicted octanol–water partition coefficient (Wildman–Crippen LogP) is 2.47. The molecule has 2 aromatic rings. The van der Waals surface area contributed by atoms with Gasteiger partial charge >= 0.3 is 0 Å². The van der Waals surface area contributed by atoms with Crippen LogP contribution >= 0.6 is 15.9 Å². The molecule has 0 fully saturated rings. The number of benzene rings is 1. The Morgan fingerprint density at radius 1 is 1.30 bits per heavy atom. The van der Waals surface area contributed by atoms with Gasteiger partial charge in [-0.3, -0.25) is 4.98 Å². The second-order valence-electron chi connectivity index (χ2n) is 4.28. The molecule has 1 unspecified atom stereocenters. The quantitative estimate of drug-likeness (QED) is 0.825. The van der Waals surface area contributed by atoms with Crippen molar-refractivity contribution in [3.8, 4) is 0 Å². The van der Waals surface area contributed by atoms with Gasteiger partial charge in [-0.15, -0.1) is 0 Å². The first-order chi connectivity index (χ1) is 9.40. The Morgan fingerprint density at radius 2 is 2.05 bits per heavy atom. The summed E-state index contributed by atoms with van der Waals surface area (Å²) in [7, 11) is -3.69. The molecule has 0 saturated carbocycles. The van der Waals surface area contributed by atoms with Crippen LogP contribution in [0.3, 0.4) is 0 Å². The molecule has 1 aromatic carbocycles. The van der Waals surface area contributed by atoms with Gasteiger partial charge in [0.2, 0.25) is 10.0 Å². The normalized spacial score (nSPS) is 13.1. The minimum Gasteiger partial charge on any atom is -0.398 e. The largest absolute Gasteiger partial charge is 0.398 e. The molecule has 7 heteroatoms. The van der Waals surface area contributed by atoms with Crippen LogP contribution in [0.4, 0.5) is 5.69 Å². The number of nitrogens with two attached hydrogens (primary N) is 1. The number of hydrogen-bond acceptors (Lipinski definition) is 4. The van der Waals surface area contributed by atoms with Gasteiger partial charge in [-0.1, -0.05) is 22.0 Å². The number of hydrogen-bond donors (Lipinski definition) is 2. The molecule has 5 nitrogen and oxygen atoms in total. The second kappa shape index (κ2) is 5.90. The minimum atomic E-state index is -3.69. The first kappa shape index (κ1) is 15.0. The van der Waals surface area contributed by atoms with E-state index in [9.17, 15) is 8.42 Å². The third kappa shape index (κ3) is 3.36. The monoisotopic (exact) mass is 355 g/mol. The van der Waals surface area contributed by atoms with Crippen molar-refractivity contribution in [3.05, 3.63) is 52.8 Å². The van der Waals surface area contributed by atoms with E-state index in [1.165, 1.54) is 6.07 Å². The molecule has 106 valence electrons. The molecule has 0 radical (unpaired) electrons. The topological polar surface area (TPSA) is 85.1 Å². The maximum absolute atomic E-state index is 12.3. The van der Waals surface area contributed by atoms with Crippen LogP contribution in [0.2, 0.25) is 0 Å². The number of nitrogens with one attached hydrogen (secondary N) is 1. The molecule has 1 atom stereocenters. The van der Waals surface area contributed by atoms with Crippen LogP contribution in [0.15, 0.2) is 52.0 Å². The minimum absolute atomic E-state index is 0.0588. The highest BCUT2D eigenvalue weighted by Crippen LogP contribution is 2.24. The van der Waals surface area contributed by atoms with Gasteiger partial charge in [-0.25, -0.2) is 13.1 Å². The summed E-state index contributed by atoms with van der Waals surface area (Å²) in [6.45, 7) is 1.73. The van der Waals surface area contributed by atoms with E-state index >= 15 is 0 Å². The van der Waals surface area contributed by atoms with Crippen molar-refractivity contribution >= 4 is 31.6 Å². The van der Waals surface area contributed by atoms with Crippen molar-refractivity contribution in [2.45, 2.75) is 17.9 Å². The fraction of sp³-hybridized carbons (Fsp3) is 0.154. The van der Waals surface area contributed by atoms with Gasteiger partial charge in [0.25, 0.3) is 0 Å². The molecule has 0 amide bonds. The molecule has 0 aliphatic carbocycles. The van der Waals surface area contributed by atoms with Crippen LogP contribution in [0.5, 0.6) is 0 Å². The van der Waals surface area contributed by atoms with Crippen LogP contribution in [0.25, 0.3) is 0 Å². The van der Waals surface area contributed by atoms with Crippen LogP contribution in [0, 0.1) is 0 Å². The molecule has 0 aliphatic heterocycles. The average molecular weight is 356 g/mol. The standard InChI is InChI=1S/C13H14BrN3O2S/c1-9(12-4-2-3-7-16-12)17-20(18,19)13-6-5-10(14)8-11(13)15/h2-9,17H,15H2,1H3. The van der Waals surface area contributed by atoms with E-state index in [0.29, 0.717) is 5.69 Å². The second-order valence-corrected chi connectivity index (χ2v) is 6.88. The summed E-state index contributed by atoms with van der Waals surface area (Å²) in [5.74, 6) is 0. The van der Waals surface area contributed by atoms with Crippen molar-refractivity contribution in [3.63, 3.8) is 0 Å². The number of rotatable bonds is 4. The first-order valence-corrected chi connectivity index (χ1v) is 8.16. The van der Waals surface area contributed by atoms with Gasteiger partial charge in [0.1, 0.15) is 4.90 Å². The van der Waals surface area contributed by atoms with Crippen LogP contribution < -0.4 is 10.5 Å². The number of pyridine rings is 1. The Morgan fingerprint density at radius 3 is 2.65 bits per heavy atom. The summed E-state index contributed by atoms with van der Waals surface area (Å²) in [6.07, 6.45) is 1.62. The van der Waals surface area contributed by atoms with E-state index in [-0.39, 0.29) is 10.6 Å². The van der Waals surface area contributed by atoms with E-state index in [1.54, 1.807) is 43.5 Å². The fourth-order valence-corrected chi connectivity index (χ4v) is 3.46. The number of sulfonamides is 1. The molecule has 0 aliphatic rings. The molecule has 20 heavy (non-hydrogen) atoms. The van der Waals surface area contributed by atoms with E-state index in [4.69, 9.17) is 5.73 Å². The van der Waals surface area contributed by atoms with Gasteiger partial charge in [0, 0.05) is 10.7 Å². The van der Waals surface area contributed by atoms with E-state index in [0.717, 1.165) is 4.47 Å². The maximum Gasteiger partial charge on any atom is 0.243 e. The third-order valence-corrected chi connectivity index (χ3v) is 4.83. The van der Waals surface area contributed by atoms with E-state index < -0.39 is 16.1 Å². The van der Waals surface area contributed by atoms with Crippen molar-refractivity contribution in [1.82, 2.24) is 9.71 Å². The van der Waals surface area contributed by atoms with Crippen molar-refractivity contribution in [1.29, 1.82) is 0 Å². The fourth-order valence-electron chi connectivity index (χ4n) is 1.75. The average Bonchev–Trinajstić information content (AvgIpc) is 2.38. The zero-order valence-electron chi connectivity index (χ0n) is 10.7. The van der Waals surface area contributed by atoms with E-state index in [1.807, 2.05) is 0 Å². The van der Waals surface area contributed by atoms with Crippen LogP contribution in [0.1, 0.15) is 18.7 Å². The summed E-state index contributed by atoms with van der Waals surface area (Å²) in [4.78, 5) is 4.19.